The number of hydrogen-bond acceptors (Lipinski definition) is 6. The van der Waals surface area contributed by atoms with Gasteiger partial charge in [-0.2, -0.15) is 8.42 Å². The summed E-state index contributed by atoms with van der Waals surface area (Å²) in [6.45, 7) is 0.0406. The molecule has 9 nitrogen and oxygen atoms in total. The molecule has 1 saturated carbocycles. The second-order valence-corrected chi connectivity index (χ2v) is 9.48. The van der Waals surface area contributed by atoms with Crippen LogP contribution < -0.4 is 10.6 Å². The van der Waals surface area contributed by atoms with E-state index in [0.717, 1.165) is 5.56 Å². The van der Waals surface area contributed by atoms with Crippen molar-refractivity contribution in [1.29, 1.82) is 0 Å². The van der Waals surface area contributed by atoms with Gasteiger partial charge in [0.2, 0.25) is 5.91 Å². The fraction of sp³-hybridized carbons (Fsp3) is 0.364. The zero-order chi connectivity index (χ0) is 23.1. The Labute approximate surface area is 186 Å². The lowest BCUT2D eigenvalue weighted by molar-refractivity contribution is -0.123. The number of benzene rings is 2. The smallest absolute Gasteiger partial charge is 0.408 e. The van der Waals surface area contributed by atoms with Crippen molar-refractivity contribution in [1.82, 2.24) is 10.6 Å². The second-order valence-electron chi connectivity index (χ2n) is 7.78. The molecule has 3 atom stereocenters. The highest BCUT2D eigenvalue weighted by Gasteiger charge is 2.35. The molecule has 0 spiro atoms. The van der Waals surface area contributed by atoms with Gasteiger partial charge in [-0.25, -0.2) is 4.79 Å². The lowest BCUT2D eigenvalue weighted by Gasteiger charge is -2.21. The molecular formula is C22H26N2O7S. The summed E-state index contributed by atoms with van der Waals surface area (Å²) in [5, 5.41) is 13.9. The van der Waals surface area contributed by atoms with Crippen LogP contribution in [-0.2, 0) is 32.7 Å². The minimum Gasteiger partial charge on any atom is -0.508 e. The third-order valence-corrected chi connectivity index (χ3v) is 6.62. The van der Waals surface area contributed by atoms with Crippen molar-refractivity contribution in [3.63, 3.8) is 0 Å². The Morgan fingerprint density at radius 3 is 2.34 bits per heavy atom. The lowest BCUT2D eigenvalue weighted by atomic mass is 10.0. The minimum atomic E-state index is -4.16. The summed E-state index contributed by atoms with van der Waals surface area (Å²) >= 11 is 0. The average molecular weight is 463 g/mol. The number of hydrogen-bond donors (Lipinski definition) is 4. The number of ether oxygens (including phenoxy) is 1. The van der Waals surface area contributed by atoms with E-state index in [-0.39, 0.29) is 31.6 Å². The summed E-state index contributed by atoms with van der Waals surface area (Å²) in [5.74, 6) is -0.414. The molecule has 32 heavy (non-hydrogen) atoms. The van der Waals surface area contributed by atoms with E-state index in [1.165, 1.54) is 12.1 Å². The molecular weight excluding hydrogens is 436 g/mol. The van der Waals surface area contributed by atoms with Crippen molar-refractivity contribution < 1.29 is 32.4 Å². The molecule has 1 aliphatic rings. The van der Waals surface area contributed by atoms with Crippen LogP contribution in [0.15, 0.2) is 54.6 Å². The van der Waals surface area contributed by atoms with Crippen molar-refractivity contribution in [2.24, 2.45) is 0 Å². The Morgan fingerprint density at radius 1 is 1.03 bits per heavy atom. The van der Waals surface area contributed by atoms with Crippen molar-refractivity contribution >= 4 is 22.1 Å². The summed E-state index contributed by atoms with van der Waals surface area (Å²) in [7, 11) is -4.16. The quantitative estimate of drug-likeness (QED) is 0.440. The number of rotatable bonds is 8. The maximum atomic E-state index is 12.9. The molecule has 0 aliphatic heterocycles. The zero-order valence-corrected chi connectivity index (χ0v) is 18.1. The Kier molecular flexibility index (Phi) is 7.70. The Bertz CT molecular complexity index is 1030. The first-order chi connectivity index (χ1) is 15.2. The Hall–Kier alpha value is -3.11. The molecule has 2 aromatic carbocycles. The number of carbonyl (C=O) groups is 2. The number of phenolic OH excluding ortho intramolecular Hbond substituents is 1. The van der Waals surface area contributed by atoms with Crippen LogP contribution in [-0.4, -0.2) is 47.4 Å². The molecule has 3 rings (SSSR count). The second kappa shape index (κ2) is 10.5. The summed E-state index contributed by atoms with van der Waals surface area (Å²) in [6, 6.07) is 13.9. The van der Waals surface area contributed by atoms with Gasteiger partial charge in [0.05, 0.1) is 5.25 Å². The van der Waals surface area contributed by atoms with Gasteiger partial charge in [-0.15, -0.1) is 0 Å². The number of phenols is 1. The molecule has 10 heteroatoms. The predicted molar refractivity (Wildman–Crippen MR) is 116 cm³/mol. The maximum Gasteiger partial charge on any atom is 0.408 e. The number of carbonyl (C=O) groups excluding carboxylic acids is 2. The van der Waals surface area contributed by atoms with Crippen molar-refractivity contribution in [3.8, 4) is 5.75 Å². The van der Waals surface area contributed by atoms with Gasteiger partial charge in [0.1, 0.15) is 18.4 Å². The van der Waals surface area contributed by atoms with E-state index in [4.69, 9.17) is 4.74 Å². The van der Waals surface area contributed by atoms with Crippen molar-refractivity contribution in [2.75, 3.05) is 0 Å². The van der Waals surface area contributed by atoms with E-state index in [1.54, 1.807) is 24.3 Å². The Morgan fingerprint density at radius 2 is 1.72 bits per heavy atom. The van der Waals surface area contributed by atoms with Crippen LogP contribution in [0.2, 0.25) is 0 Å². The van der Waals surface area contributed by atoms with Gasteiger partial charge in [-0.05, 0) is 42.5 Å². The van der Waals surface area contributed by atoms with E-state index in [1.807, 2.05) is 18.2 Å². The maximum absolute atomic E-state index is 12.9. The van der Waals surface area contributed by atoms with Crippen LogP contribution in [0, 0.1) is 0 Å². The molecule has 4 N–H and O–H groups in total. The van der Waals surface area contributed by atoms with Gasteiger partial charge in [-0.1, -0.05) is 42.5 Å². The first-order valence-electron chi connectivity index (χ1n) is 10.2. The molecule has 0 heterocycles. The highest BCUT2D eigenvalue weighted by molar-refractivity contribution is 7.86. The zero-order valence-electron chi connectivity index (χ0n) is 17.3. The first-order valence-corrected chi connectivity index (χ1v) is 11.7. The van der Waals surface area contributed by atoms with Gasteiger partial charge in [0.15, 0.2) is 0 Å². The van der Waals surface area contributed by atoms with E-state index in [0.29, 0.717) is 12.0 Å². The third kappa shape index (κ3) is 6.96. The fourth-order valence-electron chi connectivity index (χ4n) is 3.63. The van der Waals surface area contributed by atoms with Crippen LogP contribution in [0.25, 0.3) is 0 Å². The molecule has 0 aromatic heterocycles. The van der Waals surface area contributed by atoms with Crippen LogP contribution in [0.1, 0.15) is 30.4 Å². The lowest BCUT2D eigenvalue weighted by Crippen LogP contribution is -2.50. The molecule has 2 amide bonds. The van der Waals surface area contributed by atoms with Gasteiger partial charge in [-0.3, -0.25) is 9.35 Å². The molecule has 1 fully saturated rings. The summed E-state index contributed by atoms with van der Waals surface area (Å²) in [6.07, 6.45) is 0.130. The highest BCUT2D eigenvalue weighted by Crippen LogP contribution is 2.25. The number of nitrogens with one attached hydrogen (secondary N) is 2. The Balaban J connectivity index is 1.63. The van der Waals surface area contributed by atoms with E-state index in [9.17, 15) is 27.7 Å². The molecule has 2 unspecified atom stereocenters. The summed E-state index contributed by atoms with van der Waals surface area (Å²) in [4.78, 5) is 25.2. The minimum absolute atomic E-state index is 0.0406. The normalized spacial score (nSPS) is 19.2. The summed E-state index contributed by atoms with van der Waals surface area (Å²) in [5.41, 5.74) is 1.50. The first kappa shape index (κ1) is 23.6. The molecule has 2 aromatic rings. The fourth-order valence-corrected chi connectivity index (χ4v) is 4.54. The molecule has 0 radical (unpaired) electrons. The monoisotopic (exact) mass is 462 g/mol. The highest BCUT2D eigenvalue weighted by atomic mass is 32.2. The van der Waals surface area contributed by atoms with Gasteiger partial charge >= 0.3 is 6.09 Å². The van der Waals surface area contributed by atoms with Crippen LogP contribution in [0.5, 0.6) is 5.75 Å². The topological polar surface area (TPSA) is 142 Å². The van der Waals surface area contributed by atoms with Crippen LogP contribution >= 0.6 is 0 Å². The number of amides is 2. The van der Waals surface area contributed by atoms with E-state index < -0.39 is 39.5 Å². The third-order valence-electron chi connectivity index (χ3n) is 5.35. The number of alkyl carbamates (subject to hydrolysis) is 1. The number of aromatic hydroxyl groups is 1. The largest absolute Gasteiger partial charge is 0.508 e. The van der Waals surface area contributed by atoms with Crippen LogP contribution in [0.4, 0.5) is 4.79 Å². The summed E-state index contributed by atoms with van der Waals surface area (Å²) < 4.78 is 37.1. The van der Waals surface area contributed by atoms with E-state index >= 15 is 0 Å². The molecule has 172 valence electrons. The van der Waals surface area contributed by atoms with Crippen molar-refractivity contribution in [3.05, 3.63) is 65.7 Å². The van der Waals surface area contributed by atoms with Gasteiger partial charge in [0.25, 0.3) is 10.1 Å². The average Bonchev–Trinajstić information content (AvgIpc) is 3.23. The van der Waals surface area contributed by atoms with Gasteiger partial charge in [0, 0.05) is 12.5 Å². The molecule has 0 bridgehead atoms. The molecule has 1 aliphatic carbocycles. The molecule has 0 saturated heterocycles. The van der Waals surface area contributed by atoms with Crippen LogP contribution in [0.3, 0.4) is 0 Å². The SMILES string of the molecule is O=C(N[C@@H](Cc1ccc(O)cc1)C(=O)NC1CCC(S(=O)(=O)O)C1)OCc1ccccc1. The standard InChI is InChI=1S/C22H26N2O7S/c25-18-9-6-15(7-10-18)12-20(24-22(27)31-14-16-4-2-1-3-5-16)21(26)23-17-8-11-19(13-17)32(28,29)30/h1-7,9-10,17,19-20,25H,8,11-14H2,(H,23,26)(H,24,27)(H,28,29,30)/t17?,19?,20-/m0/s1. The van der Waals surface area contributed by atoms with E-state index in [2.05, 4.69) is 10.6 Å². The predicted octanol–water partition coefficient (Wildman–Crippen LogP) is 2.15. The van der Waals surface area contributed by atoms with Gasteiger partial charge < -0.3 is 20.5 Å². The van der Waals surface area contributed by atoms with Crippen molar-refractivity contribution in [2.45, 2.75) is 49.6 Å².